The molecule has 92 valence electrons. The van der Waals surface area contributed by atoms with Crippen molar-refractivity contribution in [1.82, 2.24) is 4.90 Å². The van der Waals surface area contributed by atoms with Gasteiger partial charge in [-0.15, -0.1) is 0 Å². The van der Waals surface area contributed by atoms with Crippen molar-refractivity contribution in [3.05, 3.63) is 0 Å². The van der Waals surface area contributed by atoms with E-state index in [9.17, 15) is 13.6 Å². The van der Waals surface area contributed by atoms with Gasteiger partial charge >= 0.3 is 0 Å². The van der Waals surface area contributed by atoms with Crippen molar-refractivity contribution >= 4 is 5.91 Å². The monoisotopic (exact) mass is 232 g/mol. The van der Waals surface area contributed by atoms with Gasteiger partial charge < -0.3 is 10.6 Å². The van der Waals surface area contributed by atoms with Gasteiger partial charge in [0, 0.05) is 25.3 Å². The van der Waals surface area contributed by atoms with Crippen LogP contribution in [0.5, 0.6) is 0 Å². The lowest BCUT2D eigenvalue weighted by Gasteiger charge is -2.40. The number of amides is 1. The zero-order chi connectivity index (χ0) is 11.8. The summed E-state index contributed by atoms with van der Waals surface area (Å²) in [6.07, 6.45) is 1.61. The second-order valence-electron chi connectivity index (χ2n) is 5.11. The molecule has 0 spiro atoms. The van der Waals surface area contributed by atoms with E-state index in [2.05, 4.69) is 4.90 Å². The minimum absolute atomic E-state index is 0.0147. The van der Waals surface area contributed by atoms with Gasteiger partial charge in [-0.3, -0.25) is 4.79 Å². The number of nitrogens with zero attached hydrogens (tertiary/aromatic N) is 1. The predicted octanol–water partition coefficient (Wildman–Crippen LogP) is 1.23. The highest BCUT2D eigenvalue weighted by molar-refractivity contribution is 5.76. The quantitative estimate of drug-likeness (QED) is 0.795. The van der Waals surface area contributed by atoms with Crippen molar-refractivity contribution in [3.8, 4) is 0 Å². The molecular weight excluding hydrogens is 214 g/mol. The van der Waals surface area contributed by atoms with Crippen LogP contribution in [0.15, 0.2) is 0 Å². The zero-order valence-electron chi connectivity index (χ0n) is 9.29. The first-order chi connectivity index (χ1) is 7.46. The van der Waals surface area contributed by atoms with Crippen molar-refractivity contribution in [2.45, 2.75) is 31.6 Å². The molecule has 1 amide bonds. The Bertz CT molecular complexity index is 267. The van der Waals surface area contributed by atoms with E-state index in [-0.39, 0.29) is 30.6 Å². The lowest BCUT2D eigenvalue weighted by atomic mass is 9.80. The Labute approximate surface area is 94.0 Å². The largest absolute Gasteiger partial charge is 0.369 e. The number of hydrogen-bond acceptors (Lipinski definition) is 2. The number of piperidine rings is 1. The van der Waals surface area contributed by atoms with Gasteiger partial charge in [-0.2, -0.15) is 0 Å². The number of alkyl halides is 2. The highest BCUT2D eigenvalue weighted by Gasteiger charge is 2.45. The van der Waals surface area contributed by atoms with E-state index in [4.69, 9.17) is 5.73 Å². The number of carbonyl (C=O) groups excluding carboxylic acids is 1. The maximum atomic E-state index is 12.6. The van der Waals surface area contributed by atoms with Gasteiger partial charge in [-0.1, -0.05) is 0 Å². The molecule has 1 saturated carbocycles. The maximum Gasteiger partial charge on any atom is 0.248 e. The molecule has 2 aliphatic rings. The van der Waals surface area contributed by atoms with Crippen LogP contribution >= 0.6 is 0 Å². The van der Waals surface area contributed by atoms with Crippen molar-refractivity contribution in [2.75, 3.05) is 19.6 Å². The van der Waals surface area contributed by atoms with Crippen molar-refractivity contribution in [3.63, 3.8) is 0 Å². The SMILES string of the molecule is NC(=O)C1CCN(CC2CC(F)(F)C2)CC1. The smallest absolute Gasteiger partial charge is 0.248 e. The predicted molar refractivity (Wildman–Crippen MR) is 56.0 cm³/mol. The van der Waals surface area contributed by atoms with Crippen LogP contribution in [0, 0.1) is 11.8 Å². The fraction of sp³-hybridized carbons (Fsp3) is 0.909. The van der Waals surface area contributed by atoms with Crippen LogP contribution in [0.25, 0.3) is 0 Å². The maximum absolute atomic E-state index is 12.6. The first kappa shape index (κ1) is 11.8. The average Bonchev–Trinajstić information content (AvgIpc) is 2.15. The summed E-state index contributed by atoms with van der Waals surface area (Å²) in [7, 11) is 0. The van der Waals surface area contributed by atoms with E-state index < -0.39 is 5.92 Å². The van der Waals surface area contributed by atoms with Gasteiger partial charge in [0.05, 0.1) is 0 Å². The van der Waals surface area contributed by atoms with E-state index in [1.54, 1.807) is 0 Å². The van der Waals surface area contributed by atoms with E-state index in [1.165, 1.54) is 0 Å². The van der Waals surface area contributed by atoms with Gasteiger partial charge in [0.2, 0.25) is 11.8 Å². The molecule has 0 aromatic carbocycles. The van der Waals surface area contributed by atoms with Crippen LogP contribution in [0.3, 0.4) is 0 Å². The molecule has 1 saturated heterocycles. The molecule has 1 aliphatic heterocycles. The molecule has 0 unspecified atom stereocenters. The Morgan fingerprint density at radius 1 is 1.31 bits per heavy atom. The van der Waals surface area contributed by atoms with Crippen LogP contribution < -0.4 is 5.73 Å². The van der Waals surface area contributed by atoms with E-state index >= 15 is 0 Å². The minimum atomic E-state index is -2.42. The summed E-state index contributed by atoms with van der Waals surface area (Å²) in [5, 5.41) is 0. The minimum Gasteiger partial charge on any atom is -0.369 e. The summed E-state index contributed by atoms with van der Waals surface area (Å²) in [4.78, 5) is 13.1. The Kier molecular flexibility index (Phi) is 3.15. The summed E-state index contributed by atoms with van der Waals surface area (Å²) in [5.41, 5.74) is 5.23. The number of rotatable bonds is 3. The third-order valence-electron chi connectivity index (χ3n) is 3.68. The number of carbonyl (C=O) groups is 1. The first-order valence-corrected chi connectivity index (χ1v) is 5.86. The Balaban J connectivity index is 1.68. The molecule has 0 atom stereocenters. The third-order valence-corrected chi connectivity index (χ3v) is 3.68. The molecule has 2 rings (SSSR count). The number of nitrogens with two attached hydrogens (primary N) is 1. The summed E-state index contributed by atoms with van der Waals surface area (Å²) < 4.78 is 25.3. The Hall–Kier alpha value is -0.710. The van der Waals surface area contributed by atoms with Gasteiger partial charge in [0.25, 0.3) is 0 Å². The number of likely N-dealkylation sites (tertiary alicyclic amines) is 1. The van der Waals surface area contributed by atoms with Crippen LogP contribution in [0.2, 0.25) is 0 Å². The Morgan fingerprint density at radius 2 is 1.88 bits per heavy atom. The molecule has 16 heavy (non-hydrogen) atoms. The molecule has 5 heteroatoms. The van der Waals surface area contributed by atoms with E-state index in [1.807, 2.05) is 0 Å². The second kappa shape index (κ2) is 4.28. The van der Waals surface area contributed by atoms with Crippen molar-refractivity contribution < 1.29 is 13.6 Å². The van der Waals surface area contributed by atoms with Gasteiger partial charge in [-0.25, -0.2) is 8.78 Å². The van der Waals surface area contributed by atoms with Crippen LogP contribution in [0.1, 0.15) is 25.7 Å². The van der Waals surface area contributed by atoms with Crippen molar-refractivity contribution in [2.24, 2.45) is 17.6 Å². The van der Waals surface area contributed by atoms with Crippen LogP contribution in [0.4, 0.5) is 8.78 Å². The number of primary amides is 1. The molecular formula is C11H18F2N2O. The van der Waals surface area contributed by atoms with Crippen LogP contribution in [-0.2, 0) is 4.79 Å². The second-order valence-corrected chi connectivity index (χ2v) is 5.11. The van der Waals surface area contributed by atoms with Gasteiger partial charge in [0.1, 0.15) is 0 Å². The first-order valence-electron chi connectivity index (χ1n) is 5.86. The topological polar surface area (TPSA) is 46.3 Å². The Morgan fingerprint density at radius 3 is 2.31 bits per heavy atom. The zero-order valence-corrected chi connectivity index (χ0v) is 9.29. The van der Waals surface area contributed by atoms with Crippen LogP contribution in [-0.4, -0.2) is 36.4 Å². The fourth-order valence-corrected chi connectivity index (χ4v) is 2.68. The molecule has 0 bridgehead atoms. The molecule has 0 aromatic heterocycles. The molecule has 0 radical (unpaired) electrons. The summed E-state index contributed by atoms with van der Waals surface area (Å²) >= 11 is 0. The van der Waals surface area contributed by atoms with Crippen molar-refractivity contribution in [1.29, 1.82) is 0 Å². The highest BCUT2D eigenvalue weighted by atomic mass is 19.3. The summed E-state index contributed by atoms with van der Waals surface area (Å²) in [6, 6.07) is 0. The normalized spacial score (nSPS) is 27.6. The molecule has 3 nitrogen and oxygen atoms in total. The van der Waals surface area contributed by atoms with Gasteiger partial charge in [0.15, 0.2) is 0 Å². The molecule has 0 aromatic rings. The molecule has 2 N–H and O–H groups in total. The third kappa shape index (κ3) is 2.70. The highest BCUT2D eigenvalue weighted by Crippen LogP contribution is 2.42. The van der Waals surface area contributed by atoms with Gasteiger partial charge in [-0.05, 0) is 31.8 Å². The molecule has 1 aliphatic carbocycles. The molecule has 2 fully saturated rings. The summed E-state index contributed by atoms with van der Waals surface area (Å²) in [6.45, 7) is 2.38. The number of hydrogen-bond donors (Lipinski definition) is 1. The van der Waals surface area contributed by atoms with E-state index in [0.717, 1.165) is 32.5 Å². The average molecular weight is 232 g/mol. The lowest BCUT2D eigenvalue weighted by molar-refractivity contribution is -0.124. The molecule has 1 heterocycles. The standard InChI is InChI=1S/C11H18F2N2O/c12-11(13)5-8(6-11)7-15-3-1-9(2-4-15)10(14)16/h8-9H,1-7H2,(H2,14,16). The fourth-order valence-electron chi connectivity index (χ4n) is 2.68. The van der Waals surface area contributed by atoms with E-state index in [0.29, 0.717) is 0 Å². The lowest BCUT2D eigenvalue weighted by Crippen LogP contribution is -2.46. The number of halogens is 2. The summed E-state index contributed by atoms with van der Waals surface area (Å²) in [5.74, 6) is -2.52.